The molecule has 2 rings (SSSR count). The van der Waals surface area contributed by atoms with Gasteiger partial charge in [0.15, 0.2) is 0 Å². The van der Waals surface area contributed by atoms with Crippen molar-refractivity contribution in [2.45, 2.75) is 13.5 Å². The molecule has 0 saturated carbocycles. The number of para-hydroxylation sites is 2. The monoisotopic (exact) mass is 316 g/mol. The second-order valence-electron chi connectivity index (χ2n) is 5.28. The third-order valence-electron chi connectivity index (χ3n) is 3.22. The maximum Gasteiger partial charge on any atom is 0.238 e. The smallest absolute Gasteiger partial charge is 0.238 e. The first-order valence-electron chi connectivity index (χ1n) is 7.53. The highest BCUT2D eigenvalue weighted by molar-refractivity contribution is 5.93. The van der Waals surface area contributed by atoms with Gasteiger partial charge in [-0.3, -0.25) is 9.69 Å². The maximum atomic E-state index is 13.2. The fourth-order valence-corrected chi connectivity index (χ4v) is 2.29. The van der Waals surface area contributed by atoms with Gasteiger partial charge in [-0.25, -0.2) is 4.39 Å². The molecule has 0 radical (unpaired) electrons. The van der Waals surface area contributed by atoms with Crippen LogP contribution in [0.2, 0.25) is 0 Å². The Balaban J connectivity index is 1.91. The van der Waals surface area contributed by atoms with Crippen LogP contribution in [0.5, 0.6) is 5.75 Å². The minimum Gasteiger partial charge on any atom is -0.492 e. The van der Waals surface area contributed by atoms with E-state index in [2.05, 4.69) is 5.32 Å². The van der Waals surface area contributed by atoms with Crippen LogP contribution in [0.25, 0.3) is 0 Å². The van der Waals surface area contributed by atoms with Gasteiger partial charge < -0.3 is 10.1 Å². The van der Waals surface area contributed by atoms with Gasteiger partial charge in [-0.2, -0.15) is 0 Å². The number of ether oxygens (including phenoxy) is 1. The number of amides is 1. The molecular formula is C18H21FN2O2. The largest absolute Gasteiger partial charge is 0.492 e. The van der Waals surface area contributed by atoms with Crippen LogP contribution in [0, 0.1) is 5.82 Å². The molecule has 0 unspecified atom stereocenters. The van der Waals surface area contributed by atoms with Gasteiger partial charge in [-0.05, 0) is 43.8 Å². The first-order chi connectivity index (χ1) is 11.1. The SMILES string of the molecule is CCOc1ccccc1NC(=O)CN(C)Cc1cccc(F)c1. The lowest BCUT2D eigenvalue weighted by atomic mass is 10.2. The molecule has 1 N–H and O–H groups in total. The Morgan fingerprint density at radius 3 is 2.74 bits per heavy atom. The van der Waals surface area contributed by atoms with Crippen LogP contribution < -0.4 is 10.1 Å². The number of benzene rings is 2. The van der Waals surface area contributed by atoms with Gasteiger partial charge >= 0.3 is 0 Å². The average molecular weight is 316 g/mol. The van der Waals surface area contributed by atoms with E-state index in [0.29, 0.717) is 24.6 Å². The Kier molecular flexibility index (Phi) is 6.11. The predicted octanol–water partition coefficient (Wildman–Crippen LogP) is 3.29. The quantitative estimate of drug-likeness (QED) is 0.852. The van der Waals surface area contributed by atoms with Gasteiger partial charge in [-0.1, -0.05) is 24.3 Å². The van der Waals surface area contributed by atoms with Gasteiger partial charge in [0, 0.05) is 6.54 Å². The van der Waals surface area contributed by atoms with Crippen LogP contribution in [-0.4, -0.2) is 31.0 Å². The van der Waals surface area contributed by atoms with Crippen molar-refractivity contribution >= 4 is 11.6 Å². The molecule has 0 atom stereocenters. The zero-order valence-corrected chi connectivity index (χ0v) is 13.4. The normalized spacial score (nSPS) is 10.6. The van der Waals surface area contributed by atoms with Gasteiger partial charge in [0.25, 0.3) is 0 Å². The Morgan fingerprint density at radius 2 is 2.00 bits per heavy atom. The van der Waals surface area contributed by atoms with E-state index in [1.165, 1.54) is 12.1 Å². The molecule has 2 aromatic carbocycles. The second kappa shape index (κ2) is 8.29. The van der Waals surface area contributed by atoms with Crippen molar-refractivity contribution in [3.05, 3.63) is 59.9 Å². The molecule has 0 aliphatic heterocycles. The van der Waals surface area contributed by atoms with E-state index in [1.807, 2.05) is 43.1 Å². The summed E-state index contributed by atoms with van der Waals surface area (Å²) in [5.74, 6) is 0.234. The molecule has 0 fully saturated rings. The first-order valence-corrected chi connectivity index (χ1v) is 7.53. The number of hydrogen-bond acceptors (Lipinski definition) is 3. The zero-order chi connectivity index (χ0) is 16.7. The molecule has 0 aromatic heterocycles. The number of likely N-dealkylation sites (N-methyl/N-ethyl adjacent to an activating group) is 1. The van der Waals surface area contributed by atoms with Crippen LogP contribution >= 0.6 is 0 Å². The number of nitrogens with one attached hydrogen (secondary N) is 1. The van der Waals surface area contributed by atoms with E-state index >= 15 is 0 Å². The molecule has 0 aliphatic carbocycles. The number of carbonyl (C=O) groups is 1. The Morgan fingerprint density at radius 1 is 1.22 bits per heavy atom. The molecule has 0 saturated heterocycles. The summed E-state index contributed by atoms with van der Waals surface area (Å²) in [5.41, 5.74) is 1.48. The van der Waals surface area contributed by atoms with Crippen molar-refractivity contribution in [2.75, 3.05) is 25.5 Å². The third kappa shape index (κ3) is 5.38. The minimum absolute atomic E-state index is 0.143. The zero-order valence-electron chi connectivity index (χ0n) is 13.4. The average Bonchev–Trinajstić information content (AvgIpc) is 2.49. The highest BCUT2D eigenvalue weighted by Gasteiger charge is 2.10. The van der Waals surface area contributed by atoms with E-state index in [0.717, 1.165) is 5.56 Å². The molecule has 0 spiro atoms. The van der Waals surface area contributed by atoms with E-state index in [-0.39, 0.29) is 18.3 Å². The summed E-state index contributed by atoms with van der Waals surface area (Å²) >= 11 is 0. The molecular weight excluding hydrogens is 295 g/mol. The summed E-state index contributed by atoms with van der Waals surface area (Å²) in [6.07, 6.45) is 0. The number of nitrogens with zero attached hydrogens (tertiary/aromatic N) is 1. The van der Waals surface area contributed by atoms with Crippen LogP contribution in [0.4, 0.5) is 10.1 Å². The van der Waals surface area contributed by atoms with Gasteiger partial charge in [0.1, 0.15) is 11.6 Å². The van der Waals surface area contributed by atoms with E-state index in [1.54, 1.807) is 12.1 Å². The Labute approximate surface area is 135 Å². The standard InChI is InChI=1S/C18H21FN2O2/c1-3-23-17-10-5-4-9-16(17)20-18(22)13-21(2)12-14-7-6-8-15(19)11-14/h4-11H,3,12-13H2,1-2H3,(H,20,22). The topological polar surface area (TPSA) is 41.6 Å². The van der Waals surface area contributed by atoms with Crippen LogP contribution in [-0.2, 0) is 11.3 Å². The lowest BCUT2D eigenvalue weighted by Gasteiger charge is -2.17. The summed E-state index contributed by atoms with van der Waals surface area (Å²) in [7, 11) is 1.82. The Bertz CT molecular complexity index is 661. The van der Waals surface area contributed by atoms with Gasteiger partial charge in [0.2, 0.25) is 5.91 Å². The minimum atomic E-state index is -0.272. The summed E-state index contributed by atoms with van der Waals surface area (Å²) in [4.78, 5) is 14.0. The number of hydrogen-bond donors (Lipinski definition) is 1. The number of rotatable bonds is 7. The molecule has 2 aromatic rings. The summed E-state index contributed by atoms with van der Waals surface area (Å²) in [5, 5.41) is 2.84. The van der Waals surface area contributed by atoms with E-state index in [4.69, 9.17) is 4.74 Å². The highest BCUT2D eigenvalue weighted by atomic mass is 19.1. The van der Waals surface area contributed by atoms with Crippen molar-refractivity contribution in [3.63, 3.8) is 0 Å². The highest BCUT2D eigenvalue weighted by Crippen LogP contribution is 2.23. The van der Waals surface area contributed by atoms with Crippen molar-refractivity contribution in [2.24, 2.45) is 0 Å². The van der Waals surface area contributed by atoms with Crippen molar-refractivity contribution in [1.29, 1.82) is 0 Å². The van der Waals surface area contributed by atoms with Crippen LogP contribution in [0.15, 0.2) is 48.5 Å². The fourth-order valence-electron chi connectivity index (χ4n) is 2.29. The lowest BCUT2D eigenvalue weighted by molar-refractivity contribution is -0.117. The number of carbonyl (C=O) groups excluding carboxylic acids is 1. The third-order valence-corrected chi connectivity index (χ3v) is 3.22. The molecule has 122 valence electrons. The Hall–Kier alpha value is -2.40. The van der Waals surface area contributed by atoms with Crippen LogP contribution in [0.3, 0.4) is 0 Å². The van der Waals surface area contributed by atoms with E-state index < -0.39 is 0 Å². The lowest BCUT2D eigenvalue weighted by Crippen LogP contribution is -2.30. The van der Waals surface area contributed by atoms with Gasteiger partial charge in [-0.15, -0.1) is 0 Å². The molecule has 0 heterocycles. The molecule has 23 heavy (non-hydrogen) atoms. The van der Waals surface area contributed by atoms with Crippen molar-refractivity contribution in [1.82, 2.24) is 4.90 Å². The summed E-state index contributed by atoms with van der Waals surface area (Å²) < 4.78 is 18.7. The number of anilines is 1. The summed E-state index contributed by atoms with van der Waals surface area (Å²) in [6.45, 7) is 3.13. The molecule has 5 heteroatoms. The molecule has 0 aliphatic rings. The first kappa shape index (κ1) is 17.0. The summed E-state index contributed by atoms with van der Waals surface area (Å²) in [6, 6.07) is 13.7. The van der Waals surface area contributed by atoms with Crippen molar-refractivity contribution in [3.8, 4) is 5.75 Å². The van der Waals surface area contributed by atoms with Crippen LogP contribution in [0.1, 0.15) is 12.5 Å². The molecule has 1 amide bonds. The van der Waals surface area contributed by atoms with E-state index in [9.17, 15) is 9.18 Å². The second-order valence-corrected chi connectivity index (χ2v) is 5.28. The number of halogens is 1. The fraction of sp³-hybridized carbons (Fsp3) is 0.278. The molecule has 0 bridgehead atoms. The van der Waals surface area contributed by atoms with Gasteiger partial charge in [0.05, 0.1) is 18.8 Å². The molecule has 4 nitrogen and oxygen atoms in total. The van der Waals surface area contributed by atoms with Crippen molar-refractivity contribution < 1.29 is 13.9 Å². The predicted molar refractivity (Wildman–Crippen MR) is 89.0 cm³/mol. The maximum absolute atomic E-state index is 13.2.